The Morgan fingerprint density at radius 2 is 1.92 bits per heavy atom. The van der Waals surface area contributed by atoms with Gasteiger partial charge in [-0.1, -0.05) is 0 Å². The van der Waals surface area contributed by atoms with Crippen molar-refractivity contribution in [2.75, 3.05) is 0 Å². The summed E-state index contributed by atoms with van der Waals surface area (Å²) in [7, 11) is 0. The molecule has 0 bridgehead atoms. The van der Waals surface area contributed by atoms with E-state index in [1.165, 1.54) is 0 Å². The van der Waals surface area contributed by atoms with Crippen molar-refractivity contribution in [3.05, 3.63) is 23.8 Å². The van der Waals surface area contributed by atoms with Crippen molar-refractivity contribution in [3.8, 4) is 5.75 Å². The fraction of sp³-hybridized carbons (Fsp3) is 0.167. The summed E-state index contributed by atoms with van der Waals surface area (Å²) in [5.41, 5.74) is -1.61. The van der Waals surface area contributed by atoms with Crippen molar-refractivity contribution in [2.24, 2.45) is 0 Å². The van der Waals surface area contributed by atoms with Gasteiger partial charge in [-0.15, -0.1) is 0 Å². The molecular weight excluding hydrogens is 178 g/mol. The van der Waals surface area contributed by atoms with Crippen LogP contribution in [0.5, 0.6) is 5.75 Å². The zero-order valence-electron chi connectivity index (χ0n) is 5.56. The fourth-order valence-electron chi connectivity index (χ4n) is 0.638. The lowest BCUT2D eigenvalue weighted by Gasteiger charge is -2.06. The Bertz CT molecular complexity index is 296. The van der Waals surface area contributed by atoms with Gasteiger partial charge in [0.2, 0.25) is 0 Å². The van der Waals surface area contributed by atoms with Crippen LogP contribution >= 0.6 is 0 Å². The lowest BCUT2D eigenvalue weighted by atomic mass is 10.3. The molecule has 0 amide bonds. The number of hydrogen-bond donors (Lipinski definition) is 1. The molecule has 1 aromatic heterocycles. The van der Waals surface area contributed by atoms with E-state index >= 15 is 0 Å². The van der Waals surface area contributed by atoms with Gasteiger partial charge in [-0.25, -0.2) is 9.37 Å². The topological polar surface area (TPSA) is 33.1 Å². The Hall–Kier alpha value is -1.33. The monoisotopic (exact) mass is 181 g/mol. The summed E-state index contributed by atoms with van der Waals surface area (Å²) in [6.45, 7) is 0. The van der Waals surface area contributed by atoms with Crippen LogP contribution in [0.4, 0.5) is 17.6 Å². The second-order valence-electron chi connectivity index (χ2n) is 1.99. The van der Waals surface area contributed by atoms with Gasteiger partial charge in [-0.05, 0) is 6.07 Å². The lowest BCUT2D eigenvalue weighted by molar-refractivity contribution is -0.142. The first-order chi connectivity index (χ1) is 5.43. The van der Waals surface area contributed by atoms with Crippen molar-refractivity contribution in [1.82, 2.24) is 4.98 Å². The molecule has 1 aromatic rings. The van der Waals surface area contributed by atoms with E-state index in [2.05, 4.69) is 4.98 Å². The van der Waals surface area contributed by atoms with Gasteiger partial charge < -0.3 is 5.11 Å². The van der Waals surface area contributed by atoms with Gasteiger partial charge in [0.1, 0.15) is 0 Å². The third-order valence-corrected chi connectivity index (χ3v) is 1.14. The average Bonchev–Trinajstić information content (AvgIpc) is 1.92. The number of halogens is 4. The maximum atomic E-state index is 12.3. The summed E-state index contributed by atoms with van der Waals surface area (Å²) in [5, 5.41) is 8.58. The molecule has 0 spiro atoms. The van der Waals surface area contributed by atoms with E-state index in [1.807, 2.05) is 0 Å². The van der Waals surface area contributed by atoms with Crippen LogP contribution in [0.2, 0.25) is 0 Å². The third kappa shape index (κ3) is 1.46. The minimum absolute atomic E-state index is 0.637. The third-order valence-electron chi connectivity index (χ3n) is 1.14. The van der Waals surface area contributed by atoms with Crippen molar-refractivity contribution in [2.45, 2.75) is 6.18 Å². The number of nitrogens with zero attached hydrogens (tertiary/aromatic N) is 1. The van der Waals surface area contributed by atoms with Crippen LogP contribution < -0.4 is 0 Å². The van der Waals surface area contributed by atoms with Gasteiger partial charge in [0.15, 0.2) is 17.3 Å². The molecular formula is C6H3F4NO. The maximum Gasteiger partial charge on any atom is 0.437 e. The highest BCUT2D eigenvalue weighted by atomic mass is 19.4. The van der Waals surface area contributed by atoms with Gasteiger partial charge in [0.05, 0.1) is 0 Å². The molecule has 0 saturated carbocycles. The Kier molecular flexibility index (Phi) is 1.91. The Balaban J connectivity index is 3.26. The van der Waals surface area contributed by atoms with Crippen molar-refractivity contribution in [3.63, 3.8) is 0 Å². The zero-order valence-corrected chi connectivity index (χ0v) is 5.56. The number of aromatic nitrogens is 1. The predicted molar refractivity (Wildman–Crippen MR) is 30.9 cm³/mol. The highest BCUT2D eigenvalue weighted by molar-refractivity contribution is 5.29. The quantitative estimate of drug-likeness (QED) is 0.620. The van der Waals surface area contributed by atoms with E-state index in [4.69, 9.17) is 5.11 Å². The summed E-state index contributed by atoms with van der Waals surface area (Å²) in [4.78, 5) is 2.80. The highest BCUT2D eigenvalue weighted by Gasteiger charge is 2.36. The molecule has 0 aliphatic rings. The minimum atomic E-state index is -4.83. The van der Waals surface area contributed by atoms with Crippen molar-refractivity contribution >= 4 is 0 Å². The molecule has 6 heteroatoms. The zero-order chi connectivity index (χ0) is 9.35. The lowest BCUT2D eigenvalue weighted by Crippen LogP contribution is -2.08. The minimum Gasteiger partial charge on any atom is -0.503 e. The number of pyridine rings is 1. The van der Waals surface area contributed by atoms with E-state index in [9.17, 15) is 17.6 Å². The first-order valence-electron chi connectivity index (χ1n) is 2.83. The summed E-state index contributed by atoms with van der Waals surface area (Å²) in [5.74, 6) is -2.80. The molecule has 1 heterocycles. The number of aromatic hydroxyl groups is 1. The average molecular weight is 181 g/mol. The van der Waals surface area contributed by atoms with Crippen LogP contribution in [0.3, 0.4) is 0 Å². The Morgan fingerprint density at radius 1 is 1.33 bits per heavy atom. The molecule has 1 rings (SSSR count). The van der Waals surface area contributed by atoms with Gasteiger partial charge in [-0.2, -0.15) is 13.2 Å². The van der Waals surface area contributed by atoms with E-state index in [0.29, 0.717) is 12.3 Å². The smallest absolute Gasteiger partial charge is 0.437 e. The van der Waals surface area contributed by atoms with Gasteiger partial charge >= 0.3 is 6.18 Å². The molecule has 0 unspecified atom stereocenters. The number of alkyl halides is 3. The number of rotatable bonds is 0. The predicted octanol–water partition coefficient (Wildman–Crippen LogP) is 1.95. The van der Waals surface area contributed by atoms with Crippen molar-refractivity contribution in [1.29, 1.82) is 0 Å². The van der Waals surface area contributed by atoms with Gasteiger partial charge in [0, 0.05) is 6.20 Å². The molecule has 0 aromatic carbocycles. The van der Waals surface area contributed by atoms with E-state index in [1.54, 1.807) is 0 Å². The molecule has 0 aliphatic heterocycles. The Labute approximate surface area is 64.5 Å². The van der Waals surface area contributed by atoms with Crippen LogP contribution in [-0.2, 0) is 6.18 Å². The summed E-state index contributed by atoms with van der Waals surface area (Å²) in [6.07, 6.45) is -4.19. The summed E-state index contributed by atoms with van der Waals surface area (Å²) >= 11 is 0. The molecule has 0 fully saturated rings. The first-order valence-corrected chi connectivity index (χ1v) is 2.83. The summed E-state index contributed by atoms with van der Waals surface area (Å²) in [6, 6.07) is 0.643. The maximum absolute atomic E-state index is 12.3. The molecule has 2 nitrogen and oxygen atoms in total. The Morgan fingerprint density at radius 3 is 2.33 bits per heavy atom. The van der Waals surface area contributed by atoms with Crippen LogP contribution in [0, 0.1) is 5.82 Å². The molecule has 1 N–H and O–H groups in total. The van der Waals surface area contributed by atoms with Crippen LogP contribution in [0.1, 0.15) is 5.69 Å². The van der Waals surface area contributed by atoms with Crippen LogP contribution in [0.15, 0.2) is 12.3 Å². The highest BCUT2D eigenvalue weighted by Crippen LogP contribution is 2.34. The molecule has 0 saturated heterocycles. The van der Waals surface area contributed by atoms with E-state index in [0.717, 1.165) is 0 Å². The SMILES string of the molecule is Oc1c(F)ccnc1C(F)(F)F. The largest absolute Gasteiger partial charge is 0.503 e. The van der Waals surface area contributed by atoms with Crippen molar-refractivity contribution < 1.29 is 22.7 Å². The van der Waals surface area contributed by atoms with Gasteiger partial charge in [-0.3, -0.25) is 0 Å². The molecule has 0 aliphatic carbocycles. The molecule has 0 atom stereocenters. The second-order valence-corrected chi connectivity index (χ2v) is 1.99. The van der Waals surface area contributed by atoms with Gasteiger partial charge in [0.25, 0.3) is 0 Å². The second kappa shape index (κ2) is 2.62. The van der Waals surface area contributed by atoms with Crippen LogP contribution in [-0.4, -0.2) is 10.1 Å². The normalized spacial score (nSPS) is 11.7. The standard InChI is InChI=1S/C6H3F4NO/c7-3-1-2-11-5(4(3)12)6(8,9)10/h1-2,12H. The fourth-order valence-corrected chi connectivity index (χ4v) is 0.638. The number of hydrogen-bond acceptors (Lipinski definition) is 2. The summed E-state index contributed by atoms with van der Waals surface area (Å²) < 4.78 is 47.8. The first kappa shape index (κ1) is 8.76. The molecule has 66 valence electrons. The van der Waals surface area contributed by atoms with E-state index < -0.39 is 23.4 Å². The van der Waals surface area contributed by atoms with E-state index in [-0.39, 0.29) is 0 Å². The van der Waals surface area contributed by atoms with Crippen LogP contribution in [0.25, 0.3) is 0 Å². The molecule has 0 radical (unpaired) electrons. The molecule has 12 heavy (non-hydrogen) atoms.